The summed E-state index contributed by atoms with van der Waals surface area (Å²) in [7, 11) is 1.35. The number of alkyl halides is 3. The number of pyridine rings is 2. The molecule has 0 saturated heterocycles. The SMILES string of the molecule is COc1cnc(-c2ccn3nc(N)nc3c2)cc1C(=O)N[C@H](C)c1cc(OC(F)(F)F)ccc1F. The molecule has 0 fully saturated rings. The van der Waals surface area contributed by atoms with E-state index in [0.29, 0.717) is 16.9 Å². The summed E-state index contributed by atoms with van der Waals surface area (Å²) in [5.74, 6) is -1.84. The highest BCUT2D eigenvalue weighted by Gasteiger charge is 2.31. The van der Waals surface area contributed by atoms with Gasteiger partial charge in [0.05, 0.1) is 30.6 Å². The quantitative estimate of drug-likeness (QED) is 0.394. The van der Waals surface area contributed by atoms with Crippen molar-refractivity contribution in [1.29, 1.82) is 0 Å². The Morgan fingerprint density at radius 1 is 1.20 bits per heavy atom. The average molecular weight is 490 g/mol. The molecule has 3 aromatic heterocycles. The van der Waals surface area contributed by atoms with Crippen LogP contribution in [0.1, 0.15) is 28.9 Å². The van der Waals surface area contributed by atoms with Crippen LogP contribution in [-0.4, -0.2) is 39.0 Å². The van der Waals surface area contributed by atoms with Gasteiger partial charge in [-0.1, -0.05) is 0 Å². The number of anilines is 1. The maximum absolute atomic E-state index is 14.3. The number of nitrogens with one attached hydrogen (secondary N) is 1. The Hall–Kier alpha value is -4.42. The first-order valence-electron chi connectivity index (χ1n) is 10.1. The lowest BCUT2D eigenvalue weighted by Gasteiger charge is -2.18. The van der Waals surface area contributed by atoms with Gasteiger partial charge in [0, 0.05) is 17.3 Å². The Morgan fingerprint density at radius 2 is 1.97 bits per heavy atom. The zero-order chi connectivity index (χ0) is 25.3. The van der Waals surface area contributed by atoms with E-state index >= 15 is 0 Å². The fraction of sp³-hybridized carbons (Fsp3) is 0.182. The first-order valence-corrected chi connectivity index (χ1v) is 10.1. The van der Waals surface area contributed by atoms with Crippen LogP contribution in [-0.2, 0) is 0 Å². The Labute approximate surface area is 195 Å². The molecule has 0 bridgehead atoms. The number of fused-ring (bicyclic) bond motifs is 1. The number of benzene rings is 1. The van der Waals surface area contributed by atoms with Crippen molar-refractivity contribution in [2.75, 3.05) is 12.8 Å². The molecular formula is C22H18F4N6O3. The van der Waals surface area contributed by atoms with Crippen LogP contribution >= 0.6 is 0 Å². The maximum atomic E-state index is 14.3. The van der Waals surface area contributed by atoms with Crippen LogP contribution in [0.2, 0.25) is 0 Å². The lowest BCUT2D eigenvalue weighted by molar-refractivity contribution is -0.274. The fourth-order valence-corrected chi connectivity index (χ4v) is 3.40. The minimum absolute atomic E-state index is 0.0771. The van der Waals surface area contributed by atoms with Gasteiger partial charge < -0.3 is 20.5 Å². The monoisotopic (exact) mass is 490 g/mol. The Morgan fingerprint density at radius 3 is 2.69 bits per heavy atom. The minimum Gasteiger partial charge on any atom is -0.494 e. The molecule has 0 saturated carbocycles. The van der Waals surface area contributed by atoms with Gasteiger partial charge >= 0.3 is 6.36 Å². The lowest BCUT2D eigenvalue weighted by Crippen LogP contribution is -2.28. The number of nitrogens with two attached hydrogens (primary N) is 1. The number of amides is 1. The molecule has 9 nitrogen and oxygen atoms in total. The molecule has 182 valence electrons. The standard InChI is InChI=1S/C22H18F4N6O3/c1-11(14-8-13(3-4-16(14)23)35-22(24,25)26)29-20(33)15-9-17(28-10-18(15)34-2)12-5-6-32-19(7-12)30-21(27)31-32/h3-11H,1-2H3,(H2,27,31)(H,29,33)/t11-/m1/s1. The van der Waals surface area contributed by atoms with Crippen molar-refractivity contribution in [3.8, 4) is 22.8 Å². The van der Waals surface area contributed by atoms with Crippen molar-refractivity contribution in [1.82, 2.24) is 24.9 Å². The zero-order valence-electron chi connectivity index (χ0n) is 18.3. The third kappa shape index (κ3) is 5.23. The first-order chi connectivity index (χ1) is 16.5. The van der Waals surface area contributed by atoms with Gasteiger partial charge in [-0.05, 0) is 43.3 Å². The summed E-state index contributed by atoms with van der Waals surface area (Å²) < 4.78 is 62.5. The van der Waals surface area contributed by atoms with Crippen LogP contribution in [0.15, 0.2) is 48.8 Å². The molecule has 3 N–H and O–H groups in total. The summed E-state index contributed by atoms with van der Waals surface area (Å²) in [4.78, 5) is 21.4. The number of carbonyl (C=O) groups is 1. The predicted octanol–water partition coefficient (Wildman–Crippen LogP) is 3.91. The minimum atomic E-state index is -4.94. The van der Waals surface area contributed by atoms with Crippen molar-refractivity contribution < 1.29 is 31.8 Å². The molecule has 0 spiro atoms. The normalized spacial score (nSPS) is 12.4. The van der Waals surface area contributed by atoms with Crippen LogP contribution in [0.4, 0.5) is 23.5 Å². The molecular weight excluding hydrogens is 472 g/mol. The molecule has 0 aliphatic heterocycles. The highest BCUT2D eigenvalue weighted by molar-refractivity contribution is 5.98. The number of rotatable bonds is 6. The summed E-state index contributed by atoms with van der Waals surface area (Å²) >= 11 is 0. The number of nitrogen functional groups attached to an aromatic ring is 1. The highest BCUT2D eigenvalue weighted by Crippen LogP contribution is 2.29. The van der Waals surface area contributed by atoms with Crippen molar-refractivity contribution in [2.24, 2.45) is 0 Å². The Balaban J connectivity index is 1.62. The van der Waals surface area contributed by atoms with E-state index < -0.39 is 29.9 Å². The summed E-state index contributed by atoms with van der Waals surface area (Å²) in [6, 6.07) is 6.38. The van der Waals surface area contributed by atoms with Crippen LogP contribution in [0.5, 0.6) is 11.5 Å². The van der Waals surface area contributed by atoms with E-state index in [1.807, 2.05) is 0 Å². The van der Waals surface area contributed by atoms with E-state index in [0.717, 1.165) is 18.2 Å². The molecule has 0 aliphatic rings. The summed E-state index contributed by atoms with van der Waals surface area (Å²) in [5.41, 5.74) is 6.97. The summed E-state index contributed by atoms with van der Waals surface area (Å²) in [6.07, 6.45) is -1.97. The van der Waals surface area contributed by atoms with Crippen LogP contribution in [0.25, 0.3) is 16.9 Å². The Bertz CT molecular complexity index is 1410. The lowest BCUT2D eigenvalue weighted by atomic mass is 10.1. The number of ether oxygens (including phenoxy) is 2. The van der Waals surface area contributed by atoms with Crippen molar-refractivity contribution in [3.05, 3.63) is 65.7 Å². The topological polar surface area (TPSA) is 117 Å². The molecule has 1 amide bonds. The second kappa shape index (κ2) is 9.08. The largest absolute Gasteiger partial charge is 0.573 e. The van der Waals surface area contributed by atoms with Gasteiger partial charge in [0.25, 0.3) is 5.91 Å². The fourth-order valence-electron chi connectivity index (χ4n) is 3.40. The molecule has 0 unspecified atom stereocenters. The van der Waals surface area contributed by atoms with Crippen LogP contribution < -0.4 is 20.5 Å². The smallest absolute Gasteiger partial charge is 0.494 e. The number of carbonyl (C=O) groups excluding carboxylic acids is 1. The van der Waals surface area contributed by atoms with Gasteiger partial charge in [-0.15, -0.1) is 18.3 Å². The number of methoxy groups -OCH3 is 1. The van der Waals surface area contributed by atoms with E-state index in [4.69, 9.17) is 10.5 Å². The number of aromatic nitrogens is 4. The third-order valence-electron chi connectivity index (χ3n) is 5.00. The number of hydrogen-bond acceptors (Lipinski definition) is 7. The molecule has 0 radical (unpaired) electrons. The van der Waals surface area contributed by atoms with Gasteiger partial charge in [0.2, 0.25) is 5.95 Å². The first kappa shape index (κ1) is 23.7. The molecule has 13 heteroatoms. The third-order valence-corrected chi connectivity index (χ3v) is 5.00. The van der Waals surface area contributed by atoms with Crippen molar-refractivity contribution in [3.63, 3.8) is 0 Å². The number of hydrogen-bond donors (Lipinski definition) is 2. The van der Waals surface area contributed by atoms with Gasteiger partial charge in [0.1, 0.15) is 17.3 Å². The molecule has 35 heavy (non-hydrogen) atoms. The number of nitrogens with zero attached hydrogens (tertiary/aromatic N) is 4. The molecule has 1 aromatic carbocycles. The molecule has 3 heterocycles. The van der Waals surface area contributed by atoms with Crippen LogP contribution in [0, 0.1) is 5.82 Å². The zero-order valence-corrected chi connectivity index (χ0v) is 18.3. The molecule has 1 atom stereocenters. The van der Waals surface area contributed by atoms with E-state index in [1.54, 1.807) is 18.3 Å². The van der Waals surface area contributed by atoms with E-state index in [1.165, 1.54) is 30.8 Å². The van der Waals surface area contributed by atoms with Gasteiger partial charge in [0.15, 0.2) is 5.65 Å². The summed E-state index contributed by atoms with van der Waals surface area (Å²) in [6.45, 7) is 1.42. The van der Waals surface area contributed by atoms with Crippen molar-refractivity contribution >= 4 is 17.5 Å². The highest BCUT2D eigenvalue weighted by atomic mass is 19.4. The van der Waals surface area contributed by atoms with E-state index in [-0.39, 0.29) is 22.8 Å². The van der Waals surface area contributed by atoms with E-state index in [2.05, 4.69) is 25.1 Å². The van der Waals surface area contributed by atoms with Gasteiger partial charge in [-0.3, -0.25) is 9.78 Å². The average Bonchev–Trinajstić information content (AvgIpc) is 3.18. The van der Waals surface area contributed by atoms with Gasteiger partial charge in [-0.2, -0.15) is 4.98 Å². The second-order valence-electron chi connectivity index (χ2n) is 7.38. The van der Waals surface area contributed by atoms with E-state index in [9.17, 15) is 22.4 Å². The van der Waals surface area contributed by atoms with Crippen LogP contribution in [0.3, 0.4) is 0 Å². The summed E-state index contributed by atoms with van der Waals surface area (Å²) in [5, 5.41) is 6.56. The molecule has 4 aromatic rings. The van der Waals surface area contributed by atoms with Crippen molar-refractivity contribution in [2.45, 2.75) is 19.3 Å². The van der Waals surface area contributed by atoms with Gasteiger partial charge in [-0.25, -0.2) is 8.91 Å². The molecule has 4 rings (SSSR count). The molecule has 0 aliphatic carbocycles. The second-order valence-corrected chi connectivity index (χ2v) is 7.38. The predicted molar refractivity (Wildman–Crippen MR) is 116 cm³/mol. The Kier molecular flexibility index (Phi) is 6.16. The maximum Gasteiger partial charge on any atom is 0.573 e. The number of halogens is 4.